The molecule has 1 nitrogen and oxygen atoms in total. The van der Waals surface area contributed by atoms with E-state index in [1.807, 2.05) is 0 Å². The first-order valence-corrected chi connectivity index (χ1v) is 20.3. The molecule has 0 radical (unpaired) electrons. The molecule has 4 aliphatic carbocycles. The number of rotatable bonds is 4. The molecule has 1 aliphatic heterocycles. The van der Waals surface area contributed by atoms with Crippen LogP contribution in [-0.4, -0.2) is 5.71 Å². The number of allylic oxidation sites excluding steroid dienone is 11. The van der Waals surface area contributed by atoms with Crippen LogP contribution in [0.4, 0.5) is 0 Å². The van der Waals surface area contributed by atoms with Gasteiger partial charge in [0.1, 0.15) is 0 Å². The van der Waals surface area contributed by atoms with Crippen molar-refractivity contribution in [2.24, 2.45) is 22.7 Å². The number of hydrogen-bond acceptors (Lipinski definition) is 1. The number of fused-ring (bicyclic) bond motifs is 7. The van der Waals surface area contributed by atoms with Crippen LogP contribution in [0, 0.1) is 17.8 Å². The van der Waals surface area contributed by atoms with E-state index in [0.717, 1.165) is 25.7 Å². The molecule has 1 heterocycles. The van der Waals surface area contributed by atoms with E-state index < -0.39 is 0 Å². The SMILES string of the molecule is CC1(C)c2cc(-c3c4ccccc4c(-c4ccccc4)c4ccc(C5=NC6=C(CCC=C6)C(C6C=CC=CC6)C5)cc34)c3ccccc3c2C2C=CC=CC21. The normalized spacial score (nSPS) is 23.3. The molecule has 0 saturated carbocycles. The first-order chi connectivity index (χ1) is 27.1. The lowest BCUT2D eigenvalue weighted by molar-refractivity contribution is 0.394. The van der Waals surface area contributed by atoms with Gasteiger partial charge < -0.3 is 0 Å². The van der Waals surface area contributed by atoms with Crippen molar-refractivity contribution in [3.8, 4) is 22.3 Å². The van der Waals surface area contributed by atoms with Crippen LogP contribution >= 0.6 is 0 Å². The van der Waals surface area contributed by atoms with Gasteiger partial charge in [-0.25, -0.2) is 0 Å². The van der Waals surface area contributed by atoms with Gasteiger partial charge in [-0.15, -0.1) is 0 Å². The Balaban J connectivity index is 1.21. The molecule has 4 atom stereocenters. The summed E-state index contributed by atoms with van der Waals surface area (Å²) in [5, 5.41) is 7.89. The maximum Gasteiger partial charge on any atom is 0.0625 e. The first kappa shape index (κ1) is 32.6. The molecule has 0 aromatic heterocycles. The molecule has 4 unspecified atom stereocenters. The summed E-state index contributed by atoms with van der Waals surface area (Å²) in [6.45, 7) is 4.92. The Labute approximate surface area is 324 Å². The lowest BCUT2D eigenvalue weighted by Crippen LogP contribution is -2.25. The predicted molar refractivity (Wildman–Crippen MR) is 234 cm³/mol. The summed E-state index contributed by atoms with van der Waals surface area (Å²) >= 11 is 0. The molecule has 1 heteroatoms. The molecule has 6 aromatic carbocycles. The lowest BCUT2D eigenvalue weighted by Gasteiger charge is -2.33. The van der Waals surface area contributed by atoms with Gasteiger partial charge in [-0.2, -0.15) is 0 Å². The smallest absolute Gasteiger partial charge is 0.0625 e. The Kier molecular flexibility index (Phi) is 7.50. The van der Waals surface area contributed by atoms with Gasteiger partial charge in [-0.05, 0) is 144 Å². The van der Waals surface area contributed by atoms with Crippen molar-refractivity contribution in [3.05, 3.63) is 192 Å². The quantitative estimate of drug-likeness (QED) is 0.162. The Hall–Kier alpha value is -5.79. The van der Waals surface area contributed by atoms with Crippen LogP contribution in [0.15, 0.2) is 180 Å². The number of benzene rings is 6. The molecule has 0 bridgehead atoms. The number of nitrogens with zero attached hydrogens (tertiary/aromatic N) is 1. The standard InChI is InChI=1S/C54H45N/c1-54(2)47-27-15-13-26-43(47)53-39-23-10-9-21-37(39)46(32-48(53)54)52-41-25-12-11-24-40(41)51(35-19-7-4-8-20-35)42-30-29-36(31-45(42)52)50-33-44(34-17-5-3-6-18-34)38-22-14-16-28-49(38)55-50/h3-13,15-17,19-21,23-32,34,43-44,47H,14,18,22,33H2,1-2H3. The zero-order valence-corrected chi connectivity index (χ0v) is 31.7. The van der Waals surface area contributed by atoms with Gasteiger partial charge in [0.15, 0.2) is 0 Å². The summed E-state index contributed by atoms with van der Waals surface area (Å²) in [7, 11) is 0. The van der Waals surface area contributed by atoms with E-state index >= 15 is 0 Å². The average Bonchev–Trinajstić information content (AvgIpc) is 3.48. The maximum atomic E-state index is 5.48. The van der Waals surface area contributed by atoms with Crippen LogP contribution in [-0.2, 0) is 5.41 Å². The minimum absolute atomic E-state index is 0.00563. The second kappa shape index (κ2) is 12.6. The predicted octanol–water partition coefficient (Wildman–Crippen LogP) is 14.1. The fraction of sp³-hybridized carbons (Fsp3) is 0.204. The second-order valence-corrected chi connectivity index (χ2v) is 16.8. The van der Waals surface area contributed by atoms with Gasteiger partial charge in [-0.3, -0.25) is 4.99 Å². The summed E-state index contributed by atoms with van der Waals surface area (Å²) in [4.78, 5) is 5.48. The summed E-state index contributed by atoms with van der Waals surface area (Å²) in [5.74, 6) is 1.79. The largest absolute Gasteiger partial charge is 0.253 e. The third kappa shape index (κ3) is 5.02. The molecule has 55 heavy (non-hydrogen) atoms. The number of aliphatic imine (C=N–C) groups is 1. The molecule has 0 N–H and O–H groups in total. The van der Waals surface area contributed by atoms with Crippen LogP contribution in [0.2, 0.25) is 0 Å². The van der Waals surface area contributed by atoms with Gasteiger partial charge in [0.2, 0.25) is 0 Å². The van der Waals surface area contributed by atoms with Crippen molar-refractivity contribution in [2.75, 3.05) is 0 Å². The Bertz CT molecular complexity index is 2800. The van der Waals surface area contributed by atoms with Crippen LogP contribution in [0.25, 0.3) is 54.6 Å². The number of hydrogen-bond donors (Lipinski definition) is 0. The van der Waals surface area contributed by atoms with Gasteiger partial charge in [0.05, 0.1) is 5.70 Å². The fourth-order valence-corrected chi connectivity index (χ4v) is 11.0. The fourth-order valence-electron chi connectivity index (χ4n) is 11.0. The van der Waals surface area contributed by atoms with Crippen LogP contribution in [0.3, 0.4) is 0 Å². The highest BCUT2D eigenvalue weighted by molar-refractivity contribution is 6.24. The highest BCUT2D eigenvalue weighted by Crippen LogP contribution is 2.57. The Morgan fingerprint density at radius 2 is 1.35 bits per heavy atom. The summed E-state index contributed by atoms with van der Waals surface area (Å²) in [6.07, 6.45) is 27.5. The van der Waals surface area contributed by atoms with Gasteiger partial charge in [0.25, 0.3) is 0 Å². The van der Waals surface area contributed by atoms with Gasteiger partial charge >= 0.3 is 0 Å². The van der Waals surface area contributed by atoms with E-state index in [1.165, 1.54) is 82.7 Å². The van der Waals surface area contributed by atoms with Crippen molar-refractivity contribution >= 4 is 38.0 Å². The van der Waals surface area contributed by atoms with E-state index in [-0.39, 0.29) is 5.41 Å². The highest BCUT2D eigenvalue weighted by Gasteiger charge is 2.46. The summed E-state index contributed by atoms with van der Waals surface area (Å²) < 4.78 is 0. The highest BCUT2D eigenvalue weighted by atomic mass is 14.8. The van der Waals surface area contributed by atoms with E-state index in [4.69, 9.17) is 4.99 Å². The van der Waals surface area contributed by atoms with Crippen LogP contribution < -0.4 is 0 Å². The van der Waals surface area contributed by atoms with Crippen molar-refractivity contribution in [2.45, 2.75) is 50.9 Å². The molecule has 6 aromatic rings. The first-order valence-electron chi connectivity index (χ1n) is 20.3. The molecule has 11 rings (SSSR count). The van der Waals surface area contributed by atoms with Gasteiger partial charge in [0, 0.05) is 11.6 Å². The molecular formula is C54H45N. The third-order valence-electron chi connectivity index (χ3n) is 13.6. The Morgan fingerprint density at radius 3 is 2.16 bits per heavy atom. The van der Waals surface area contributed by atoms with Crippen molar-refractivity contribution in [1.29, 1.82) is 0 Å². The van der Waals surface area contributed by atoms with Crippen LogP contribution in [0.1, 0.15) is 62.1 Å². The Morgan fingerprint density at radius 1 is 0.618 bits per heavy atom. The maximum absolute atomic E-state index is 5.48. The topological polar surface area (TPSA) is 12.4 Å². The molecule has 5 aliphatic rings. The molecule has 0 spiro atoms. The molecule has 0 saturated heterocycles. The second-order valence-electron chi connectivity index (χ2n) is 16.8. The van der Waals surface area contributed by atoms with E-state index in [1.54, 1.807) is 5.57 Å². The van der Waals surface area contributed by atoms with Crippen molar-refractivity contribution in [3.63, 3.8) is 0 Å². The lowest BCUT2D eigenvalue weighted by atomic mass is 9.73. The average molecular weight is 708 g/mol. The minimum atomic E-state index is -0.00563. The minimum Gasteiger partial charge on any atom is -0.253 e. The van der Waals surface area contributed by atoms with E-state index in [2.05, 4.69) is 178 Å². The van der Waals surface area contributed by atoms with Gasteiger partial charge in [-0.1, -0.05) is 160 Å². The monoisotopic (exact) mass is 707 g/mol. The molecule has 266 valence electrons. The molecule has 0 fully saturated rings. The third-order valence-corrected chi connectivity index (χ3v) is 13.6. The zero-order valence-electron chi connectivity index (χ0n) is 31.7. The molecular weight excluding hydrogens is 663 g/mol. The zero-order chi connectivity index (χ0) is 36.7. The van der Waals surface area contributed by atoms with Crippen LogP contribution in [0.5, 0.6) is 0 Å². The van der Waals surface area contributed by atoms with E-state index in [9.17, 15) is 0 Å². The van der Waals surface area contributed by atoms with E-state index in [0.29, 0.717) is 23.7 Å². The summed E-state index contributed by atoms with van der Waals surface area (Å²) in [6, 6.07) is 39.2. The van der Waals surface area contributed by atoms with Crippen molar-refractivity contribution in [1.82, 2.24) is 0 Å². The van der Waals surface area contributed by atoms with Crippen molar-refractivity contribution < 1.29 is 0 Å². The summed E-state index contributed by atoms with van der Waals surface area (Å²) in [5.41, 5.74) is 13.4. The molecule has 0 amide bonds.